The lowest BCUT2D eigenvalue weighted by molar-refractivity contribution is 0.605. The molecule has 0 radical (unpaired) electrons. The molecular weight excluding hydrogens is 304 g/mol. The van der Waals surface area contributed by atoms with Gasteiger partial charge in [0.15, 0.2) is 5.66 Å². The number of hydrogen-bond acceptors (Lipinski definition) is 2. The van der Waals surface area contributed by atoms with Gasteiger partial charge in [-0.05, 0) is 29.8 Å². The van der Waals surface area contributed by atoms with Crippen LogP contribution in [0.3, 0.4) is 0 Å². The second-order valence-corrected chi connectivity index (χ2v) is 6.54. The molecule has 0 fully saturated rings. The molecule has 2 heterocycles. The van der Waals surface area contributed by atoms with E-state index in [-0.39, 0.29) is 5.66 Å². The zero-order valence-electron chi connectivity index (χ0n) is 12.5. The highest BCUT2D eigenvalue weighted by Gasteiger charge is 2.51. The molecule has 2 aliphatic rings. The van der Waals surface area contributed by atoms with Gasteiger partial charge in [-0.2, -0.15) is 0 Å². The van der Waals surface area contributed by atoms with Gasteiger partial charge in [-0.3, -0.25) is 0 Å². The van der Waals surface area contributed by atoms with Crippen molar-refractivity contribution in [2.75, 3.05) is 10.2 Å². The maximum Gasteiger partial charge on any atom is 0.164 e. The van der Waals surface area contributed by atoms with Crippen molar-refractivity contribution < 1.29 is 0 Å². The first-order valence-corrected chi connectivity index (χ1v) is 8.16. The molecule has 3 aromatic carbocycles. The van der Waals surface area contributed by atoms with Crippen molar-refractivity contribution >= 4 is 23.0 Å². The summed E-state index contributed by atoms with van der Waals surface area (Å²) in [5, 5.41) is 4.55. The first-order chi connectivity index (χ1) is 11.3. The number of para-hydroxylation sites is 2. The molecule has 0 aliphatic carbocycles. The second kappa shape index (κ2) is 4.53. The van der Waals surface area contributed by atoms with E-state index in [1.54, 1.807) is 0 Å². The van der Waals surface area contributed by atoms with Gasteiger partial charge in [-0.15, -0.1) is 0 Å². The van der Waals surface area contributed by atoms with Crippen molar-refractivity contribution in [3.63, 3.8) is 0 Å². The number of anilines is 2. The van der Waals surface area contributed by atoms with Crippen molar-refractivity contribution in [3.8, 4) is 0 Å². The van der Waals surface area contributed by atoms with Crippen LogP contribution in [0.15, 0.2) is 72.8 Å². The Morgan fingerprint density at radius 1 is 0.870 bits per heavy atom. The van der Waals surface area contributed by atoms with Crippen LogP contribution in [-0.2, 0) is 12.2 Å². The smallest absolute Gasteiger partial charge is 0.164 e. The molecule has 0 saturated heterocycles. The van der Waals surface area contributed by atoms with Crippen molar-refractivity contribution in [2.24, 2.45) is 0 Å². The maximum absolute atomic E-state index is 6.11. The number of hydrogen-bond donors (Lipinski definition) is 1. The van der Waals surface area contributed by atoms with Gasteiger partial charge in [0.2, 0.25) is 0 Å². The van der Waals surface area contributed by atoms with Gasteiger partial charge in [-0.25, -0.2) is 0 Å². The van der Waals surface area contributed by atoms with Gasteiger partial charge in [0.05, 0.1) is 11.4 Å². The molecule has 1 N–H and O–H groups in total. The molecule has 2 nitrogen and oxygen atoms in total. The molecule has 0 amide bonds. The Morgan fingerprint density at radius 2 is 1.61 bits per heavy atom. The van der Waals surface area contributed by atoms with Gasteiger partial charge in [0.25, 0.3) is 0 Å². The summed E-state index contributed by atoms with van der Waals surface area (Å²) in [5.74, 6) is 0. The molecule has 112 valence electrons. The average Bonchev–Trinajstić information content (AvgIpc) is 3.08. The minimum atomic E-state index is -0.342. The summed E-state index contributed by atoms with van der Waals surface area (Å²) in [6.07, 6.45) is 0. The SMILES string of the molecule is Clc1ccc(C23Nc4ccccc4N2Cc2ccccc23)cc1. The van der Waals surface area contributed by atoms with Gasteiger partial charge in [0.1, 0.15) is 0 Å². The third-order valence-electron chi connectivity index (χ3n) is 4.91. The standard InChI is InChI=1S/C20H15ClN2/c21-16-11-9-15(10-12-16)20-17-6-2-1-5-14(17)13-23(20)19-8-4-3-7-18(19)22-20/h1-12,22H,13H2. The number of rotatable bonds is 1. The Morgan fingerprint density at radius 3 is 2.48 bits per heavy atom. The van der Waals surface area contributed by atoms with E-state index >= 15 is 0 Å². The van der Waals surface area contributed by atoms with Crippen LogP contribution in [0.25, 0.3) is 0 Å². The van der Waals surface area contributed by atoms with Crippen LogP contribution in [0.5, 0.6) is 0 Å². The average molecular weight is 319 g/mol. The molecular formula is C20H15ClN2. The van der Waals surface area contributed by atoms with Gasteiger partial charge in [-0.1, -0.05) is 60.1 Å². The summed E-state index contributed by atoms with van der Waals surface area (Å²) in [6, 6.07) is 25.4. The van der Waals surface area contributed by atoms with Crippen LogP contribution in [0.1, 0.15) is 16.7 Å². The van der Waals surface area contributed by atoms with Crippen molar-refractivity contribution in [3.05, 3.63) is 94.5 Å². The Labute approximate surface area is 140 Å². The Kier molecular flexibility index (Phi) is 2.56. The lowest BCUT2D eigenvalue weighted by Gasteiger charge is -2.35. The number of benzene rings is 3. The van der Waals surface area contributed by atoms with Crippen LogP contribution in [0, 0.1) is 0 Å². The molecule has 0 saturated carbocycles. The molecule has 0 bridgehead atoms. The topological polar surface area (TPSA) is 15.3 Å². The zero-order valence-corrected chi connectivity index (χ0v) is 13.2. The van der Waals surface area contributed by atoms with Crippen molar-refractivity contribution in [1.29, 1.82) is 0 Å². The maximum atomic E-state index is 6.11. The fourth-order valence-corrected chi connectivity index (χ4v) is 4.06. The van der Waals surface area contributed by atoms with Crippen LogP contribution < -0.4 is 10.2 Å². The second-order valence-electron chi connectivity index (χ2n) is 6.10. The molecule has 0 aromatic heterocycles. The van der Waals surface area contributed by atoms with E-state index in [9.17, 15) is 0 Å². The molecule has 2 aliphatic heterocycles. The number of nitrogens with one attached hydrogen (secondary N) is 1. The molecule has 3 aromatic rings. The highest BCUT2D eigenvalue weighted by atomic mass is 35.5. The highest BCUT2D eigenvalue weighted by Crippen LogP contribution is 2.53. The number of fused-ring (bicyclic) bond motifs is 5. The number of halogens is 1. The first-order valence-electron chi connectivity index (χ1n) is 7.78. The lowest BCUT2D eigenvalue weighted by Crippen LogP contribution is -2.44. The summed E-state index contributed by atoms with van der Waals surface area (Å²) in [4.78, 5) is 2.45. The van der Waals surface area contributed by atoms with Gasteiger partial charge < -0.3 is 10.2 Å². The third-order valence-corrected chi connectivity index (χ3v) is 5.16. The van der Waals surface area contributed by atoms with E-state index in [1.807, 2.05) is 12.1 Å². The van der Waals surface area contributed by atoms with Gasteiger partial charge >= 0.3 is 0 Å². The molecule has 5 rings (SSSR count). The van der Waals surface area contributed by atoms with Crippen LogP contribution in [0.2, 0.25) is 5.02 Å². The predicted octanol–water partition coefficient (Wildman–Crippen LogP) is 4.99. The molecule has 23 heavy (non-hydrogen) atoms. The summed E-state index contributed by atoms with van der Waals surface area (Å²) in [5.41, 5.74) is 5.98. The van der Waals surface area contributed by atoms with Crippen LogP contribution in [0.4, 0.5) is 11.4 Å². The van der Waals surface area contributed by atoms with E-state index in [4.69, 9.17) is 11.6 Å². The van der Waals surface area contributed by atoms with Crippen LogP contribution >= 0.6 is 11.6 Å². The van der Waals surface area contributed by atoms with E-state index in [0.29, 0.717) is 0 Å². The Bertz CT molecular complexity index is 904. The van der Waals surface area contributed by atoms with Gasteiger partial charge in [0, 0.05) is 22.7 Å². The Hall–Kier alpha value is -2.45. The fourth-order valence-electron chi connectivity index (χ4n) is 3.93. The van der Waals surface area contributed by atoms with E-state index < -0.39 is 0 Å². The number of nitrogens with zero attached hydrogens (tertiary/aromatic N) is 1. The minimum absolute atomic E-state index is 0.342. The van der Waals surface area contributed by atoms with Crippen molar-refractivity contribution in [1.82, 2.24) is 0 Å². The normalized spacial score (nSPS) is 20.7. The molecule has 1 atom stereocenters. The molecule has 3 heteroatoms. The van der Waals surface area contributed by atoms with Crippen LogP contribution in [-0.4, -0.2) is 0 Å². The van der Waals surface area contributed by atoms with E-state index in [0.717, 1.165) is 11.6 Å². The summed E-state index contributed by atoms with van der Waals surface area (Å²) < 4.78 is 0. The lowest BCUT2D eigenvalue weighted by atomic mass is 9.91. The summed E-state index contributed by atoms with van der Waals surface area (Å²) in [7, 11) is 0. The first kappa shape index (κ1) is 13.0. The summed E-state index contributed by atoms with van der Waals surface area (Å²) in [6.45, 7) is 0.906. The predicted molar refractivity (Wildman–Crippen MR) is 94.9 cm³/mol. The third kappa shape index (κ3) is 1.64. The van der Waals surface area contributed by atoms with E-state index in [1.165, 1.54) is 28.1 Å². The fraction of sp³-hybridized carbons (Fsp3) is 0.100. The monoisotopic (exact) mass is 318 g/mol. The summed E-state index contributed by atoms with van der Waals surface area (Å²) >= 11 is 6.11. The highest BCUT2D eigenvalue weighted by molar-refractivity contribution is 6.30. The minimum Gasteiger partial charge on any atom is -0.353 e. The molecule has 0 spiro atoms. The zero-order chi connectivity index (χ0) is 15.4. The Balaban J connectivity index is 1.79. The largest absolute Gasteiger partial charge is 0.353 e. The molecule has 1 unspecified atom stereocenters. The van der Waals surface area contributed by atoms with Crippen molar-refractivity contribution in [2.45, 2.75) is 12.2 Å². The quantitative estimate of drug-likeness (QED) is 0.680. The van der Waals surface area contributed by atoms with E-state index in [2.05, 4.69) is 70.9 Å².